The van der Waals surface area contributed by atoms with Crippen molar-refractivity contribution in [1.82, 2.24) is 4.90 Å². The lowest BCUT2D eigenvalue weighted by molar-refractivity contribution is 0.157. The smallest absolute Gasteiger partial charge is 0.122 e. The standard InChI is InChI=1S/C22H31NO4/c1-26-21-10-8-19(9-11-21)18-20-6-2-3-7-22(20)27-17-5-4-12-23(13-15-24)14-16-25/h2-3,6-11,24-25H,4-5,12-18H2,1H3. The van der Waals surface area contributed by atoms with Crippen LogP contribution >= 0.6 is 0 Å². The topological polar surface area (TPSA) is 62.2 Å². The van der Waals surface area contributed by atoms with Crippen molar-refractivity contribution in [2.45, 2.75) is 19.3 Å². The fourth-order valence-electron chi connectivity index (χ4n) is 2.99. The Kier molecular flexibility index (Phi) is 9.69. The molecule has 0 fully saturated rings. The fourth-order valence-corrected chi connectivity index (χ4v) is 2.99. The number of para-hydroxylation sites is 1. The van der Waals surface area contributed by atoms with E-state index in [1.807, 2.05) is 30.3 Å². The molecule has 0 aromatic heterocycles. The number of unbranched alkanes of at least 4 members (excludes halogenated alkanes) is 1. The quantitative estimate of drug-likeness (QED) is 0.529. The molecule has 27 heavy (non-hydrogen) atoms. The zero-order valence-corrected chi connectivity index (χ0v) is 16.1. The number of benzene rings is 2. The van der Waals surface area contributed by atoms with Crippen LogP contribution in [0.1, 0.15) is 24.0 Å². The van der Waals surface area contributed by atoms with Gasteiger partial charge in [0, 0.05) is 19.5 Å². The number of nitrogens with zero attached hydrogens (tertiary/aromatic N) is 1. The SMILES string of the molecule is COc1ccc(Cc2ccccc2OCCCCN(CCO)CCO)cc1. The van der Waals surface area contributed by atoms with E-state index in [1.54, 1.807) is 7.11 Å². The monoisotopic (exact) mass is 373 g/mol. The summed E-state index contributed by atoms with van der Waals surface area (Å²) >= 11 is 0. The molecule has 2 aromatic carbocycles. The van der Waals surface area contributed by atoms with E-state index in [4.69, 9.17) is 19.7 Å². The summed E-state index contributed by atoms with van der Waals surface area (Å²) in [5, 5.41) is 18.1. The van der Waals surface area contributed by atoms with Gasteiger partial charge in [-0.1, -0.05) is 30.3 Å². The van der Waals surface area contributed by atoms with Crippen LogP contribution in [0.5, 0.6) is 11.5 Å². The molecular weight excluding hydrogens is 342 g/mol. The lowest BCUT2D eigenvalue weighted by Gasteiger charge is -2.20. The van der Waals surface area contributed by atoms with Crippen LogP contribution in [0.4, 0.5) is 0 Å². The molecule has 5 heteroatoms. The molecule has 0 unspecified atom stereocenters. The summed E-state index contributed by atoms with van der Waals surface area (Å²) in [7, 11) is 1.67. The predicted octanol–water partition coefficient (Wildman–Crippen LogP) is 2.73. The predicted molar refractivity (Wildman–Crippen MR) is 108 cm³/mol. The van der Waals surface area contributed by atoms with E-state index in [1.165, 1.54) is 11.1 Å². The van der Waals surface area contributed by atoms with Gasteiger partial charge in [-0.05, 0) is 48.7 Å². The molecule has 0 aliphatic rings. The van der Waals surface area contributed by atoms with Crippen LogP contribution in [0.25, 0.3) is 0 Å². The molecule has 0 saturated heterocycles. The second kappa shape index (κ2) is 12.3. The van der Waals surface area contributed by atoms with Gasteiger partial charge < -0.3 is 19.7 Å². The number of rotatable bonds is 13. The molecule has 0 radical (unpaired) electrons. The summed E-state index contributed by atoms with van der Waals surface area (Å²) in [6, 6.07) is 16.3. The third kappa shape index (κ3) is 7.59. The Hall–Kier alpha value is -2.08. The van der Waals surface area contributed by atoms with Gasteiger partial charge in [0.05, 0.1) is 26.9 Å². The summed E-state index contributed by atoms with van der Waals surface area (Å²) in [4.78, 5) is 2.07. The van der Waals surface area contributed by atoms with Crippen LogP contribution < -0.4 is 9.47 Å². The Morgan fingerprint density at radius 2 is 1.56 bits per heavy atom. The molecule has 0 aliphatic heterocycles. The van der Waals surface area contributed by atoms with Crippen LogP contribution in [0.3, 0.4) is 0 Å². The molecule has 2 rings (SSSR count). The van der Waals surface area contributed by atoms with Gasteiger partial charge in [-0.15, -0.1) is 0 Å². The molecule has 2 aromatic rings. The van der Waals surface area contributed by atoms with Crippen LogP contribution in [0.2, 0.25) is 0 Å². The van der Waals surface area contributed by atoms with E-state index in [-0.39, 0.29) is 13.2 Å². The van der Waals surface area contributed by atoms with Gasteiger partial charge in [0.2, 0.25) is 0 Å². The molecule has 148 valence electrons. The minimum Gasteiger partial charge on any atom is -0.497 e. The second-order valence-corrected chi connectivity index (χ2v) is 6.48. The highest BCUT2D eigenvalue weighted by Crippen LogP contribution is 2.23. The summed E-state index contributed by atoms with van der Waals surface area (Å²) in [5.41, 5.74) is 2.39. The maximum atomic E-state index is 9.04. The molecule has 0 atom stereocenters. The lowest BCUT2D eigenvalue weighted by Crippen LogP contribution is -2.31. The summed E-state index contributed by atoms with van der Waals surface area (Å²) in [5.74, 6) is 1.79. The first-order valence-electron chi connectivity index (χ1n) is 9.54. The zero-order valence-electron chi connectivity index (χ0n) is 16.1. The number of hydrogen-bond acceptors (Lipinski definition) is 5. The first-order chi connectivity index (χ1) is 13.3. The molecule has 0 spiro atoms. The Morgan fingerprint density at radius 3 is 2.22 bits per heavy atom. The Bertz CT molecular complexity index is 639. The number of ether oxygens (including phenoxy) is 2. The average Bonchev–Trinajstić information content (AvgIpc) is 2.70. The van der Waals surface area contributed by atoms with Crippen molar-refractivity contribution in [3.8, 4) is 11.5 Å². The van der Waals surface area contributed by atoms with Gasteiger partial charge in [0.15, 0.2) is 0 Å². The molecule has 0 saturated carbocycles. The third-order valence-electron chi connectivity index (χ3n) is 4.48. The highest BCUT2D eigenvalue weighted by atomic mass is 16.5. The molecule has 0 bridgehead atoms. The molecule has 0 heterocycles. The van der Waals surface area contributed by atoms with Crippen molar-refractivity contribution in [2.75, 3.05) is 46.6 Å². The normalized spacial score (nSPS) is 11.0. The summed E-state index contributed by atoms with van der Waals surface area (Å²) in [6.45, 7) is 2.96. The number of aliphatic hydroxyl groups is 2. The molecule has 5 nitrogen and oxygen atoms in total. The van der Waals surface area contributed by atoms with E-state index in [9.17, 15) is 0 Å². The highest BCUT2D eigenvalue weighted by molar-refractivity contribution is 5.38. The van der Waals surface area contributed by atoms with Crippen molar-refractivity contribution >= 4 is 0 Å². The van der Waals surface area contributed by atoms with E-state index >= 15 is 0 Å². The minimum atomic E-state index is 0.120. The van der Waals surface area contributed by atoms with Gasteiger partial charge in [-0.25, -0.2) is 0 Å². The summed E-state index contributed by atoms with van der Waals surface area (Å²) in [6.07, 6.45) is 2.73. The molecule has 0 aliphatic carbocycles. The van der Waals surface area contributed by atoms with Crippen molar-refractivity contribution in [1.29, 1.82) is 0 Å². The van der Waals surface area contributed by atoms with Gasteiger partial charge in [-0.2, -0.15) is 0 Å². The van der Waals surface area contributed by atoms with Crippen LogP contribution in [0.15, 0.2) is 48.5 Å². The Balaban J connectivity index is 1.81. The Labute approximate surface area is 162 Å². The van der Waals surface area contributed by atoms with E-state index < -0.39 is 0 Å². The largest absolute Gasteiger partial charge is 0.497 e. The second-order valence-electron chi connectivity index (χ2n) is 6.48. The number of aliphatic hydroxyl groups excluding tert-OH is 2. The van der Waals surface area contributed by atoms with Gasteiger partial charge in [0.25, 0.3) is 0 Å². The average molecular weight is 373 g/mol. The first-order valence-corrected chi connectivity index (χ1v) is 9.54. The maximum absolute atomic E-state index is 9.04. The third-order valence-corrected chi connectivity index (χ3v) is 4.48. The van der Waals surface area contributed by atoms with E-state index in [2.05, 4.69) is 23.1 Å². The van der Waals surface area contributed by atoms with Gasteiger partial charge in [0.1, 0.15) is 11.5 Å². The van der Waals surface area contributed by atoms with E-state index in [0.717, 1.165) is 37.3 Å². The number of hydrogen-bond donors (Lipinski definition) is 2. The fraction of sp³-hybridized carbons (Fsp3) is 0.455. The maximum Gasteiger partial charge on any atom is 0.122 e. The summed E-state index contributed by atoms with van der Waals surface area (Å²) < 4.78 is 11.2. The first kappa shape index (κ1) is 21.2. The van der Waals surface area contributed by atoms with Crippen LogP contribution in [-0.4, -0.2) is 61.7 Å². The van der Waals surface area contributed by atoms with Crippen molar-refractivity contribution in [3.05, 3.63) is 59.7 Å². The Morgan fingerprint density at radius 1 is 0.852 bits per heavy atom. The van der Waals surface area contributed by atoms with Crippen LogP contribution in [0, 0.1) is 0 Å². The molecular formula is C22H31NO4. The minimum absolute atomic E-state index is 0.120. The lowest BCUT2D eigenvalue weighted by atomic mass is 10.0. The van der Waals surface area contributed by atoms with Crippen molar-refractivity contribution in [3.63, 3.8) is 0 Å². The molecule has 2 N–H and O–H groups in total. The van der Waals surface area contributed by atoms with Crippen LogP contribution in [-0.2, 0) is 6.42 Å². The van der Waals surface area contributed by atoms with E-state index in [0.29, 0.717) is 19.7 Å². The highest BCUT2D eigenvalue weighted by Gasteiger charge is 2.06. The number of methoxy groups -OCH3 is 1. The van der Waals surface area contributed by atoms with Gasteiger partial charge >= 0.3 is 0 Å². The van der Waals surface area contributed by atoms with Gasteiger partial charge in [-0.3, -0.25) is 4.90 Å². The molecule has 0 amide bonds. The van der Waals surface area contributed by atoms with Crippen molar-refractivity contribution < 1.29 is 19.7 Å². The van der Waals surface area contributed by atoms with Crippen molar-refractivity contribution in [2.24, 2.45) is 0 Å². The zero-order chi connectivity index (χ0) is 19.3.